The minimum absolute atomic E-state index is 0.134. The number of hydrogen-bond donors (Lipinski definition) is 1. The van der Waals surface area contributed by atoms with Gasteiger partial charge in [-0.05, 0) is 50.5 Å². The first-order valence-corrected chi connectivity index (χ1v) is 8.68. The topological polar surface area (TPSA) is 65.4 Å². The van der Waals surface area contributed by atoms with E-state index in [1.165, 1.54) is 0 Å². The van der Waals surface area contributed by atoms with E-state index in [-0.39, 0.29) is 5.91 Å². The Bertz CT molecular complexity index is 682. The molecule has 1 heterocycles. The molecule has 6 nitrogen and oxygen atoms in total. The molecule has 0 atom stereocenters. The predicted octanol–water partition coefficient (Wildman–Crippen LogP) is 2.85. The molecule has 0 aliphatic rings. The maximum atomic E-state index is 12.2. The maximum Gasteiger partial charge on any atom is 0.269 e. The van der Waals surface area contributed by atoms with Crippen molar-refractivity contribution in [1.82, 2.24) is 15.1 Å². The molecule has 6 heteroatoms. The number of hydrogen-bond acceptors (Lipinski definition) is 4. The SMILES string of the molecule is CCOCCCCOc1cccc(CNC(=O)c2cc(C)nn2C)c1. The first-order chi connectivity index (χ1) is 12.1. The zero-order valence-corrected chi connectivity index (χ0v) is 15.2. The molecule has 1 N–H and O–H groups in total. The van der Waals surface area contributed by atoms with Crippen LogP contribution in [-0.4, -0.2) is 35.5 Å². The Morgan fingerprint density at radius 3 is 2.76 bits per heavy atom. The van der Waals surface area contributed by atoms with Gasteiger partial charge in [-0.25, -0.2) is 0 Å². The monoisotopic (exact) mass is 345 g/mol. The second-order valence-electron chi connectivity index (χ2n) is 5.88. The van der Waals surface area contributed by atoms with Crippen molar-refractivity contribution in [3.05, 3.63) is 47.3 Å². The van der Waals surface area contributed by atoms with Crippen molar-refractivity contribution in [2.75, 3.05) is 19.8 Å². The minimum atomic E-state index is -0.134. The van der Waals surface area contributed by atoms with Gasteiger partial charge in [-0.15, -0.1) is 0 Å². The summed E-state index contributed by atoms with van der Waals surface area (Å²) >= 11 is 0. The Morgan fingerprint density at radius 2 is 2.04 bits per heavy atom. The number of nitrogens with zero attached hydrogens (tertiary/aromatic N) is 2. The van der Waals surface area contributed by atoms with Crippen LogP contribution in [0.1, 0.15) is 41.5 Å². The molecule has 2 rings (SSSR count). The smallest absolute Gasteiger partial charge is 0.269 e. The Morgan fingerprint density at radius 1 is 1.24 bits per heavy atom. The van der Waals surface area contributed by atoms with Gasteiger partial charge in [0, 0.05) is 26.8 Å². The molecule has 0 aliphatic carbocycles. The van der Waals surface area contributed by atoms with Gasteiger partial charge in [-0.3, -0.25) is 9.48 Å². The van der Waals surface area contributed by atoms with E-state index in [1.807, 2.05) is 38.1 Å². The van der Waals surface area contributed by atoms with Crippen molar-refractivity contribution in [2.24, 2.45) is 7.05 Å². The number of carbonyl (C=O) groups is 1. The highest BCUT2D eigenvalue weighted by atomic mass is 16.5. The van der Waals surface area contributed by atoms with Crippen LogP contribution in [0.15, 0.2) is 30.3 Å². The summed E-state index contributed by atoms with van der Waals surface area (Å²) in [7, 11) is 1.77. The number of ether oxygens (including phenoxy) is 2. The summed E-state index contributed by atoms with van der Waals surface area (Å²) in [6.45, 7) is 6.51. The second kappa shape index (κ2) is 9.84. The molecule has 136 valence electrons. The van der Waals surface area contributed by atoms with Crippen LogP contribution >= 0.6 is 0 Å². The van der Waals surface area contributed by atoms with E-state index in [2.05, 4.69) is 10.4 Å². The van der Waals surface area contributed by atoms with E-state index in [9.17, 15) is 4.79 Å². The molecule has 0 fully saturated rings. The summed E-state index contributed by atoms with van der Waals surface area (Å²) in [4.78, 5) is 12.2. The van der Waals surface area contributed by atoms with Crippen molar-refractivity contribution >= 4 is 5.91 Å². The number of aromatic nitrogens is 2. The normalized spacial score (nSPS) is 10.7. The molecule has 0 saturated carbocycles. The van der Waals surface area contributed by atoms with Crippen LogP contribution < -0.4 is 10.1 Å². The Kier molecular flexibility index (Phi) is 7.47. The number of aryl methyl sites for hydroxylation is 2. The summed E-state index contributed by atoms with van der Waals surface area (Å²) in [5.41, 5.74) is 2.38. The van der Waals surface area contributed by atoms with E-state index in [1.54, 1.807) is 17.8 Å². The van der Waals surface area contributed by atoms with Gasteiger partial charge in [0.05, 0.1) is 12.3 Å². The predicted molar refractivity (Wildman–Crippen MR) is 96.8 cm³/mol. The first kappa shape index (κ1) is 19.0. The fraction of sp³-hybridized carbons (Fsp3) is 0.474. The van der Waals surface area contributed by atoms with Gasteiger partial charge in [0.15, 0.2) is 0 Å². The quantitative estimate of drug-likeness (QED) is 0.673. The standard InChI is InChI=1S/C19H27N3O3/c1-4-24-10-5-6-11-25-17-9-7-8-16(13-17)14-20-19(23)18-12-15(2)21-22(18)3/h7-9,12-13H,4-6,10-11,14H2,1-3H3,(H,20,23). The highest BCUT2D eigenvalue weighted by molar-refractivity contribution is 5.92. The third kappa shape index (κ3) is 6.23. The highest BCUT2D eigenvalue weighted by Gasteiger charge is 2.11. The van der Waals surface area contributed by atoms with Gasteiger partial charge in [0.1, 0.15) is 11.4 Å². The van der Waals surface area contributed by atoms with Crippen LogP contribution in [0.5, 0.6) is 5.75 Å². The van der Waals surface area contributed by atoms with E-state index in [4.69, 9.17) is 9.47 Å². The molecule has 0 bridgehead atoms. The van der Waals surface area contributed by atoms with E-state index < -0.39 is 0 Å². The largest absolute Gasteiger partial charge is 0.494 e. The lowest BCUT2D eigenvalue weighted by Crippen LogP contribution is -2.25. The van der Waals surface area contributed by atoms with Gasteiger partial charge in [0.2, 0.25) is 0 Å². The lowest BCUT2D eigenvalue weighted by molar-refractivity contribution is 0.0941. The number of nitrogens with one attached hydrogen (secondary N) is 1. The zero-order chi connectivity index (χ0) is 18.1. The van der Waals surface area contributed by atoms with E-state index in [0.717, 1.165) is 43.1 Å². The van der Waals surface area contributed by atoms with Crippen molar-refractivity contribution in [3.63, 3.8) is 0 Å². The summed E-state index contributed by atoms with van der Waals surface area (Å²) in [5, 5.41) is 7.10. The van der Waals surface area contributed by atoms with Crippen molar-refractivity contribution in [1.29, 1.82) is 0 Å². The lowest BCUT2D eigenvalue weighted by Gasteiger charge is -2.09. The van der Waals surface area contributed by atoms with Crippen LogP contribution in [0, 0.1) is 6.92 Å². The van der Waals surface area contributed by atoms with Gasteiger partial charge in [0.25, 0.3) is 5.91 Å². The van der Waals surface area contributed by atoms with E-state index >= 15 is 0 Å². The summed E-state index contributed by atoms with van der Waals surface area (Å²) < 4.78 is 12.7. The van der Waals surface area contributed by atoms with Gasteiger partial charge >= 0.3 is 0 Å². The van der Waals surface area contributed by atoms with Crippen LogP contribution in [0.25, 0.3) is 0 Å². The summed E-state index contributed by atoms with van der Waals surface area (Å²) in [6, 6.07) is 9.56. The molecule has 0 spiro atoms. The van der Waals surface area contributed by atoms with Crippen LogP contribution in [0.3, 0.4) is 0 Å². The lowest BCUT2D eigenvalue weighted by atomic mass is 10.2. The number of carbonyl (C=O) groups excluding carboxylic acids is 1. The number of rotatable bonds is 10. The number of unbranched alkanes of at least 4 members (excludes halogenated alkanes) is 1. The average molecular weight is 345 g/mol. The van der Waals surface area contributed by atoms with Crippen LogP contribution in [-0.2, 0) is 18.3 Å². The van der Waals surface area contributed by atoms with Gasteiger partial charge in [-0.2, -0.15) is 5.10 Å². The van der Waals surface area contributed by atoms with Crippen molar-refractivity contribution < 1.29 is 14.3 Å². The minimum Gasteiger partial charge on any atom is -0.494 e. The molecule has 0 radical (unpaired) electrons. The van der Waals surface area contributed by atoms with Gasteiger partial charge < -0.3 is 14.8 Å². The van der Waals surface area contributed by atoms with Gasteiger partial charge in [-0.1, -0.05) is 12.1 Å². The third-order valence-electron chi connectivity index (χ3n) is 3.74. The molecule has 0 unspecified atom stereocenters. The fourth-order valence-corrected chi connectivity index (χ4v) is 2.48. The first-order valence-electron chi connectivity index (χ1n) is 8.68. The van der Waals surface area contributed by atoms with Crippen molar-refractivity contribution in [2.45, 2.75) is 33.2 Å². The van der Waals surface area contributed by atoms with Crippen molar-refractivity contribution in [3.8, 4) is 5.75 Å². The van der Waals surface area contributed by atoms with E-state index in [0.29, 0.717) is 18.8 Å². The van der Waals surface area contributed by atoms with Crippen LogP contribution in [0.4, 0.5) is 0 Å². The fourth-order valence-electron chi connectivity index (χ4n) is 2.48. The molecule has 0 aliphatic heterocycles. The highest BCUT2D eigenvalue weighted by Crippen LogP contribution is 2.14. The Labute approximate surface area is 149 Å². The molecule has 2 aromatic rings. The number of benzene rings is 1. The number of amides is 1. The Balaban J connectivity index is 1.79. The third-order valence-corrected chi connectivity index (χ3v) is 3.74. The average Bonchev–Trinajstić information content (AvgIpc) is 2.94. The zero-order valence-electron chi connectivity index (χ0n) is 15.2. The molecule has 1 amide bonds. The Hall–Kier alpha value is -2.34. The molecular formula is C19H27N3O3. The molecular weight excluding hydrogens is 318 g/mol. The molecule has 1 aromatic heterocycles. The molecule has 1 aromatic carbocycles. The summed E-state index contributed by atoms with van der Waals surface area (Å²) in [6.07, 6.45) is 1.95. The molecule has 0 saturated heterocycles. The summed E-state index contributed by atoms with van der Waals surface area (Å²) in [5.74, 6) is 0.685. The second-order valence-corrected chi connectivity index (χ2v) is 5.88. The van der Waals surface area contributed by atoms with Crippen LogP contribution in [0.2, 0.25) is 0 Å². The molecule has 25 heavy (non-hydrogen) atoms. The maximum absolute atomic E-state index is 12.2.